The van der Waals surface area contributed by atoms with Gasteiger partial charge in [0.1, 0.15) is 18.1 Å². The number of aromatic amines is 3. The van der Waals surface area contributed by atoms with Crippen molar-refractivity contribution in [3.63, 3.8) is 0 Å². The standard InChI is InChI=1S/C39H44N8O5/c40-16-8-7-15-33(37(49)47-35(39(51)52)19-25-22-44-32-14-6-3-11-28(25)32)45-38(50)34(18-24-21-43-31-13-5-2-10-27(24)31)46-36(48)29(41)17-23-20-42-30-12-4-1-9-26(23)30/h1-6,9-14,20-22,29,33-35,42-44H,7-8,15-19,40-41H2,(H,45,50)(H,46,48)(H,47,49)(H,51,52). The quantitative estimate of drug-likeness (QED) is 0.0645. The molecular formula is C39H44N8O5. The molecule has 3 heterocycles. The van der Waals surface area contributed by atoms with Crippen LogP contribution in [0.15, 0.2) is 91.4 Å². The number of nitrogens with two attached hydrogens (primary N) is 2. The van der Waals surface area contributed by atoms with Gasteiger partial charge < -0.3 is 47.5 Å². The van der Waals surface area contributed by atoms with Gasteiger partial charge in [0, 0.05) is 64.1 Å². The Bertz CT molecular complexity index is 2180. The van der Waals surface area contributed by atoms with Gasteiger partial charge in [-0.15, -0.1) is 0 Å². The van der Waals surface area contributed by atoms with E-state index in [1.807, 2.05) is 79.0 Å². The zero-order valence-electron chi connectivity index (χ0n) is 28.7. The van der Waals surface area contributed by atoms with Crippen molar-refractivity contribution in [2.45, 2.75) is 62.7 Å². The molecule has 270 valence electrons. The van der Waals surface area contributed by atoms with E-state index in [-0.39, 0.29) is 25.7 Å². The van der Waals surface area contributed by atoms with Gasteiger partial charge in [-0.1, -0.05) is 54.6 Å². The monoisotopic (exact) mass is 704 g/mol. The molecule has 3 aromatic carbocycles. The maximum absolute atomic E-state index is 14.1. The number of amides is 3. The number of aliphatic carboxylic acids is 1. The van der Waals surface area contributed by atoms with Gasteiger partial charge in [0.05, 0.1) is 6.04 Å². The van der Waals surface area contributed by atoms with Gasteiger partial charge in [-0.05, 0) is 67.1 Å². The number of carbonyl (C=O) groups excluding carboxylic acids is 3. The highest BCUT2D eigenvalue weighted by Crippen LogP contribution is 2.22. The molecule has 4 atom stereocenters. The van der Waals surface area contributed by atoms with Crippen LogP contribution < -0.4 is 27.4 Å². The average Bonchev–Trinajstić information content (AvgIpc) is 3.88. The molecule has 0 aliphatic heterocycles. The fraction of sp³-hybridized carbons (Fsp3) is 0.282. The fourth-order valence-electron chi connectivity index (χ4n) is 6.67. The van der Waals surface area contributed by atoms with Gasteiger partial charge in [0.2, 0.25) is 17.7 Å². The highest BCUT2D eigenvalue weighted by atomic mass is 16.4. The Hall–Kier alpha value is -5.92. The minimum absolute atomic E-state index is 0.0299. The zero-order chi connectivity index (χ0) is 36.6. The van der Waals surface area contributed by atoms with Crippen molar-refractivity contribution in [1.29, 1.82) is 0 Å². The first kappa shape index (κ1) is 35.9. The van der Waals surface area contributed by atoms with Crippen LogP contribution in [0.3, 0.4) is 0 Å². The smallest absolute Gasteiger partial charge is 0.326 e. The summed E-state index contributed by atoms with van der Waals surface area (Å²) in [4.78, 5) is 63.4. The molecule has 52 heavy (non-hydrogen) atoms. The molecule has 13 nitrogen and oxygen atoms in total. The van der Waals surface area contributed by atoms with Crippen LogP contribution in [-0.2, 0) is 38.4 Å². The Morgan fingerprint density at radius 1 is 0.577 bits per heavy atom. The Labute approximate surface area is 299 Å². The van der Waals surface area contributed by atoms with E-state index in [4.69, 9.17) is 11.5 Å². The van der Waals surface area contributed by atoms with Crippen LogP contribution in [0.2, 0.25) is 0 Å². The number of fused-ring (bicyclic) bond motifs is 3. The summed E-state index contributed by atoms with van der Waals surface area (Å²) in [5.74, 6) is -2.99. The zero-order valence-corrected chi connectivity index (χ0v) is 28.7. The molecule has 0 aliphatic rings. The third kappa shape index (κ3) is 8.33. The van der Waals surface area contributed by atoms with Crippen molar-refractivity contribution >= 4 is 56.4 Å². The number of unbranched alkanes of at least 4 members (excludes halogenated alkanes) is 1. The van der Waals surface area contributed by atoms with Crippen molar-refractivity contribution in [3.05, 3.63) is 108 Å². The highest BCUT2D eigenvalue weighted by Gasteiger charge is 2.31. The molecule has 6 rings (SSSR count). The SMILES string of the molecule is NCCCCC(NC(=O)C(Cc1c[nH]c2ccccc12)NC(=O)C(N)Cc1c[nH]c2ccccc12)C(=O)NC(Cc1c[nH]c2ccccc12)C(=O)O. The van der Waals surface area contributed by atoms with E-state index in [2.05, 4.69) is 30.9 Å². The molecule has 3 aromatic heterocycles. The van der Waals surface area contributed by atoms with E-state index >= 15 is 0 Å². The normalized spacial score (nSPS) is 13.8. The van der Waals surface area contributed by atoms with Crippen LogP contribution in [0.5, 0.6) is 0 Å². The summed E-state index contributed by atoms with van der Waals surface area (Å²) in [5.41, 5.74) is 17.2. The van der Waals surface area contributed by atoms with Gasteiger partial charge in [0.15, 0.2) is 0 Å². The van der Waals surface area contributed by atoms with Crippen LogP contribution in [0.4, 0.5) is 0 Å². The van der Waals surface area contributed by atoms with E-state index in [0.29, 0.717) is 19.4 Å². The summed E-state index contributed by atoms with van der Waals surface area (Å²) in [7, 11) is 0. The van der Waals surface area contributed by atoms with E-state index in [1.54, 1.807) is 12.4 Å². The molecule has 0 spiro atoms. The lowest BCUT2D eigenvalue weighted by molar-refractivity contribution is -0.142. The van der Waals surface area contributed by atoms with Crippen LogP contribution in [0.1, 0.15) is 36.0 Å². The number of carboxylic acids is 1. The molecule has 0 saturated heterocycles. The number of hydrogen-bond acceptors (Lipinski definition) is 6. The van der Waals surface area contributed by atoms with E-state index < -0.39 is 47.9 Å². The Balaban J connectivity index is 1.21. The summed E-state index contributed by atoms with van der Waals surface area (Å²) in [6, 6.07) is 18.4. The van der Waals surface area contributed by atoms with Crippen LogP contribution >= 0.6 is 0 Å². The number of hydrogen-bond donors (Lipinski definition) is 9. The van der Waals surface area contributed by atoms with Gasteiger partial charge >= 0.3 is 5.97 Å². The highest BCUT2D eigenvalue weighted by molar-refractivity contribution is 5.95. The molecular weight excluding hydrogens is 660 g/mol. The number of carbonyl (C=O) groups is 4. The summed E-state index contributed by atoms with van der Waals surface area (Å²) < 4.78 is 0. The molecule has 11 N–H and O–H groups in total. The summed E-state index contributed by atoms with van der Waals surface area (Å²) in [5, 5.41) is 21.1. The lowest BCUT2D eigenvalue weighted by Gasteiger charge is -2.25. The number of benzene rings is 3. The third-order valence-corrected chi connectivity index (χ3v) is 9.48. The number of nitrogens with one attached hydrogen (secondary N) is 6. The van der Waals surface area contributed by atoms with E-state index in [0.717, 1.165) is 49.4 Å². The first-order valence-corrected chi connectivity index (χ1v) is 17.5. The lowest BCUT2D eigenvalue weighted by atomic mass is 10.0. The molecule has 0 bridgehead atoms. The molecule has 13 heteroatoms. The maximum atomic E-state index is 14.1. The van der Waals surface area contributed by atoms with Gasteiger partial charge in [-0.2, -0.15) is 0 Å². The van der Waals surface area contributed by atoms with Crippen LogP contribution in [0.25, 0.3) is 32.7 Å². The number of H-pyrrole nitrogens is 3. The Morgan fingerprint density at radius 3 is 1.50 bits per heavy atom. The molecule has 3 amide bonds. The second-order valence-corrected chi connectivity index (χ2v) is 13.1. The van der Waals surface area contributed by atoms with Crippen LogP contribution in [0, 0.1) is 0 Å². The third-order valence-electron chi connectivity index (χ3n) is 9.48. The number of rotatable bonds is 17. The Morgan fingerprint density at radius 2 is 1.00 bits per heavy atom. The lowest BCUT2D eigenvalue weighted by Crippen LogP contribution is -2.58. The largest absolute Gasteiger partial charge is 0.480 e. The topological polar surface area (TPSA) is 224 Å². The maximum Gasteiger partial charge on any atom is 0.326 e. The number of carboxylic acid groups (broad SMARTS) is 1. The predicted octanol–water partition coefficient (Wildman–Crippen LogP) is 3.15. The Kier molecular flexibility index (Phi) is 11.3. The molecule has 0 saturated carbocycles. The van der Waals surface area contributed by atoms with Gasteiger partial charge in [0.25, 0.3) is 0 Å². The van der Waals surface area contributed by atoms with Crippen molar-refractivity contribution in [2.24, 2.45) is 11.5 Å². The first-order valence-electron chi connectivity index (χ1n) is 17.5. The van der Waals surface area contributed by atoms with Gasteiger partial charge in [-0.25, -0.2) is 4.79 Å². The number of para-hydroxylation sites is 3. The first-order chi connectivity index (χ1) is 25.2. The van der Waals surface area contributed by atoms with Crippen LogP contribution in [-0.4, -0.2) is 74.5 Å². The van der Waals surface area contributed by atoms with Crippen molar-refractivity contribution < 1.29 is 24.3 Å². The molecule has 0 aliphatic carbocycles. The average molecular weight is 705 g/mol. The summed E-state index contributed by atoms with van der Waals surface area (Å²) in [6.07, 6.45) is 7.02. The molecule has 0 fully saturated rings. The summed E-state index contributed by atoms with van der Waals surface area (Å²) in [6.45, 7) is 0.383. The molecule has 4 unspecified atom stereocenters. The minimum Gasteiger partial charge on any atom is -0.480 e. The predicted molar refractivity (Wildman–Crippen MR) is 200 cm³/mol. The van der Waals surface area contributed by atoms with E-state index in [9.17, 15) is 24.3 Å². The van der Waals surface area contributed by atoms with E-state index in [1.165, 1.54) is 0 Å². The fourth-order valence-corrected chi connectivity index (χ4v) is 6.67. The molecule has 0 radical (unpaired) electrons. The molecule has 6 aromatic rings. The minimum atomic E-state index is -1.26. The second-order valence-electron chi connectivity index (χ2n) is 13.1. The van der Waals surface area contributed by atoms with Gasteiger partial charge in [-0.3, -0.25) is 14.4 Å². The van der Waals surface area contributed by atoms with Crippen molar-refractivity contribution in [1.82, 2.24) is 30.9 Å². The summed E-state index contributed by atoms with van der Waals surface area (Å²) >= 11 is 0. The second kappa shape index (κ2) is 16.4. The number of aromatic nitrogens is 3. The van der Waals surface area contributed by atoms with Crippen molar-refractivity contribution in [3.8, 4) is 0 Å². The van der Waals surface area contributed by atoms with Crippen molar-refractivity contribution in [2.75, 3.05) is 6.54 Å².